The maximum Gasteiger partial charge on any atom is 0.220 e. The van der Waals surface area contributed by atoms with Gasteiger partial charge in [0.15, 0.2) is 0 Å². The van der Waals surface area contributed by atoms with Crippen molar-refractivity contribution in [1.29, 1.82) is 0 Å². The Morgan fingerprint density at radius 1 is 1.25 bits per heavy atom. The van der Waals surface area contributed by atoms with Gasteiger partial charge in [0.25, 0.3) is 0 Å². The van der Waals surface area contributed by atoms with Crippen LogP contribution >= 0.6 is 0 Å². The highest BCUT2D eigenvalue weighted by Gasteiger charge is 2.17. The largest absolute Gasteiger partial charge is 0.396 e. The second-order valence-corrected chi connectivity index (χ2v) is 5.23. The Morgan fingerprint density at radius 2 is 1.94 bits per heavy atom. The van der Waals surface area contributed by atoms with Gasteiger partial charge in [-0.1, -0.05) is 33.6 Å². The van der Waals surface area contributed by atoms with Crippen molar-refractivity contribution in [3.05, 3.63) is 0 Å². The highest BCUT2D eigenvalue weighted by Crippen LogP contribution is 2.20. The van der Waals surface area contributed by atoms with E-state index in [1.807, 2.05) is 0 Å². The number of hydrogen-bond acceptors (Lipinski definition) is 2. The lowest BCUT2D eigenvalue weighted by atomic mass is 9.88. The molecule has 0 bridgehead atoms. The fraction of sp³-hybridized carbons (Fsp3) is 0.923. The van der Waals surface area contributed by atoms with Gasteiger partial charge >= 0.3 is 0 Å². The van der Waals surface area contributed by atoms with Crippen LogP contribution < -0.4 is 5.32 Å². The second-order valence-electron chi connectivity index (χ2n) is 5.23. The Hall–Kier alpha value is -0.570. The van der Waals surface area contributed by atoms with Crippen LogP contribution in [-0.2, 0) is 4.79 Å². The van der Waals surface area contributed by atoms with Gasteiger partial charge in [-0.25, -0.2) is 0 Å². The van der Waals surface area contributed by atoms with E-state index in [4.69, 9.17) is 5.11 Å². The van der Waals surface area contributed by atoms with Crippen LogP contribution in [0.4, 0.5) is 0 Å². The quantitative estimate of drug-likeness (QED) is 0.597. The zero-order chi connectivity index (χ0) is 12.4. The summed E-state index contributed by atoms with van der Waals surface area (Å²) in [4.78, 5) is 11.5. The van der Waals surface area contributed by atoms with Gasteiger partial charge in [0.1, 0.15) is 0 Å². The number of carbonyl (C=O) groups excluding carboxylic acids is 1. The molecule has 0 aromatic rings. The first-order valence-electron chi connectivity index (χ1n) is 6.39. The van der Waals surface area contributed by atoms with Crippen molar-refractivity contribution in [3.8, 4) is 0 Å². The molecule has 0 atom stereocenters. The molecule has 0 aliphatic carbocycles. The third-order valence-corrected chi connectivity index (χ3v) is 2.78. The van der Waals surface area contributed by atoms with E-state index in [2.05, 4.69) is 26.1 Å². The summed E-state index contributed by atoms with van der Waals surface area (Å²) in [5, 5.41) is 11.7. The number of unbranched alkanes of at least 4 members (excludes halogenated alkanes) is 2. The van der Waals surface area contributed by atoms with Crippen LogP contribution in [0.5, 0.6) is 0 Å². The number of carbonyl (C=O) groups is 1. The van der Waals surface area contributed by atoms with E-state index in [0.29, 0.717) is 13.0 Å². The SMILES string of the molecule is CCCCCC(=O)NCC(C)(C)CCCO. The fourth-order valence-corrected chi connectivity index (χ4v) is 1.61. The fourth-order valence-electron chi connectivity index (χ4n) is 1.61. The molecule has 0 rings (SSSR count). The first-order valence-corrected chi connectivity index (χ1v) is 6.39. The molecule has 0 spiro atoms. The van der Waals surface area contributed by atoms with Crippen molar-refractivity contribution >= 4 is 5.91 Å². The number of aliphatic hydroxyl groups is 1. The predicted octanol–water partition coefficient (Wildman–Crippen LogP) is 2.48. The molecule has 0 aromatic carbocycles. The molecule has 0 radical (unpaired) electrons. The van der Waals surface area contributed by atoms with Crippen LogP contribution in [0, 0.1) is 5.41 Å². The summed E-state index contributed by atoms with van der Waals surface area (Å²) in [5.41, 5.74) is 0.0865. The first-order chi connectivity index (χ1) is 7.52. The van der Waals surface area contributed by atoms with Crippen molar-refractivity contribution in [3.63, 3.8) is 0 Å². The summed E-state index contributed by atoms with van der Waals surface area (Å²) >= 11 is 0. The van der Waals surface area contributed by atoms with Gasteiger partial charge in [-0.15, -0.1) is 0 Å². The van der Waals surface area contributed by atoms with Crippen molar-refractivity contribution in [1.82, 2.24) is 5.32 Å². The minimum atomic E-state index is 0.0865. The molecule has 16 heavy (non-hydrogen) atoms. The van der Waals surface area contributed by atoms with Crippen LogP contribution in [0.25, 0.3) is 0 Å². The van der Waals surface area contributed by atoms with E-state index in [9.17, 15) is 4.79 Å². The Bertz CT molecular complexity index is 190. The molecular formula is C13H27NO2. The molecule has 3 heteroatoms. The lowest BCUT2D eigenvalue weighted by molar-refractivity contribution is -0.121. The maximum atomic E-state index is 11.5. The zero-order valence-electron chi connectivity index (χ0n) is 11.0. The highest BCUT2D eigenvalue weighted by atomic mass is 16.2. The monoisotopic (exact) mass is 229 g/mol. The van der Waals surface area contributed by atoms with Gasteiger partial charge in [-0.2, -0.15) is 0 Å². The molecule has 3 nitrogen and oxygen atoms in total. The minimum absolute atomic E-state index is 0.0865. The highest BCUT2D eigenvalue weighted by molar-refractivity contribution is 5.75. The minimum Gasteiger partial charge on any atom is -0.396 e. The Labute approximate surface area is 99.6 Å². The summed E-state index contributed by atoms with van der Waals surface area (Å²) in [6, 6.07) is 0. The van der Waals surface area contributed by atoms with Crippen molar-refractivity contribution in [2.24, 2.45) is 5.41 Å². The van der Waals surface area contributed by atoms with Crippen molar-refractivity contribution in [2.45, 2.75) is 59.3 Å². The summed E-state index contributed by atoms with van der Waals surface area (Å²) in [7, 11) is 0. The Balaban J connectivity index is 3.64. The molecule has 0 saturated carbocycles. The molecule has 1 amide bonds. The third kappa shape index (κ3) is 8.72. The molecule has 0 aromatic heterocycles. The van der Waals surface area contributed by atoms with Gasteiger partial charge in [0.2, 0.25) is 5.91 Å². The van der Waals surface area contributed by atoms with Gasteiger partial charge in [0.05, 0.1) is 0 Å². The first kappa shape index (κ1) is 15.4. The third-order valence-electron chi connectivity index (χ3n) is 2.78. The summed E-state index contributed by atoms with van der Waals surface area (Å²) < 4.78 is 0. The van der Waals surface area contributed by atoms with Gasteiger partial charge in [-0.3, -0.25) is 4.79 Å². The number of amides is 1. The van der Waals surface area contributed by atoms with E-state index < -0.39 is 0 Å². The van der Waals surface area contributed by atoms with Crippen LogP contribution in [0.1, 0.15) is 59.3 Å². The molecule has 0 heterocycles. The van der Waals surface area contributed by atoms with Crippen LogP contribution in [0.2, 0.25) is 0 Å². The topological polar surface area (TPSA) is 49.3 Å². The van der Waals surface area contributed by atoms with Crippen LogP contribution in [-0.4, -0.2) is 24.2 Å². The Morgan fingerprint density at radius 3 is 2.50 bits per heavy atom. The van der Waals surface area contributed by atoms with E-state index in [-0.39, 0.29) is 17.9 Å². The summed E-state index contributed by atoms with van der Waals surface area (Å²) in [6.07, 6.45) is 5.65. The second kappa shape index (κ2) is 8.57. The van der Waals surface area contributed by atoms with Crippen LogP contribution in [0.3, 0.4) is 0 Å². The van der Waals surface area contributed by atoms with E-state index in [1.165, 1.54) is 0 Å². The number of aliphatic hydroxyl groups excluding tert-OH is 1. The lowest BCUT2D eigenvalue weighted by Crippen LogP contribution is -2.34. The predicted molar refractivity (Wildman–Crippen MR) is 67.3 cm³/mol. The molecular weight excluding hydrogens is 202 g/mol. The molecule has 0 fully saturated rings. The van der Waals surface area contributed by atoms with E-state index in [1.54, 1.807) is 0 Å². The maximum absolute atomic E-state index is 11.5. The zero-order valence-corrected chi connectivity index (χ0v) is 11.0. The standard InChI is InChI=1S/C13H27NO2/c1-4-5-6-8-12(16)14-11-13(2,3)9-7-10-15/h15H,4-11H2,1-3H3,(H,14,16). The summed E-state index contributed by atoms with van der Waals surface area (Å²) in [6.45, 7) is 7.31. The van der Waals surface area contributed by atoms with Gasteiger partial charge < -0.3 is 10.4 Å². The lowest BCUT2D eigenvalue weighted by Gasteiger charge is -2.24. The molecule has 0 unspecified atom stereocenters. The molecule has 0 aliphatic rings. The Kier molecular flexibility index (Phi) is 8.26. The number of hydrogen-bond donors (Lipinski definition) is 2. The van der Waals surface area contributed by atoms with Crippen molar-refractivity contribution in [2.75, 3.05) is 13.2 Å². The average Bonchev–Trinajstić information content (AvgIpc) is 2.24. The van der Waals surface area contributed by atoms with Gasteiger partial charge in [0, 0.05) is 19.6 Å². The normalized spacial score (nSPS) is 11.5. The smallest absolute Gasteiger partial charge is 0.220 e. The number of nitrogens with one attached hydrogen (secondary N) is 1. The van der Waals surface area contributed by atoms with E-state index >= 15 is 0 Å². The van der Waals surface area contributed by atoms with Crippen molar-refractivity contribution < 1.29 is 9.90 Å². The van der Waals surface area contributed by atoms with E-state index in [0.717, 1.165) is 32.1 Å². The average molecular weight is 229 g/mol. The molecule has 96 valence electrons. The molecule has 0 aliphatic heterocycles. The van der Waals surface area contributed by atoms with Gasteiger partial charge in [-0.05, 0) is 24.7 Å². The van der Waals surface area contributed by atoms with Crippen LogP contribution in [0.15, 0.2) is 0 Å². The molecule has 0 saturated heterocycles. The summed E-state index contributed by atoms with van der Waals surface area (Å²) in [5.74, 6) is 0.158. The number of rotatable bonds is 9. The molecule has 2 N–H and O–H groups in total.